The number of aryl methyl sites for hydroxylation is 1. The minimum absolute atomic E-state index is 0.172. The topological polar surface area (TPSA) is 49.3 Å². The lowest BCUT2D eigenvalue weighted by atomic mass is 9.99. The van der Waals surface area contributed by atoms with Gasteiger partial charge < -0.3 is 10.4 Å². The van der Waals surface area contributed by atoms with Crippen LogP contribution in [0.3, 0.4) is 0 Å². The molecular formula is C16H23NO2. The van der Waals surface area contributed by atoms with Crippen molar-refractivity contribution in [2.45, 2.75) is 39.2 Å². The number of anilines is 1. The first kappa shape index (κ1) is 15.3. The van der Waals surface area contributed by atoms with E-state index >= 15 is 0 Å². The van der Waals surface area contributed by atoms with E-state index in [1.54, 1.807) is 0 Å². The first-order valence-electron chi connectivity index (χ1n) is 6.71. The number of rotatable bonds is 8. The van der Waals surface area contributed by atoms with E-state index in [0.29, 0.717) is 18.4 Å². The molecule has 0 aromatic heterocycles. The lowest BCUT2D eigenvalue weighted by molar-refractivity contribution is -0.136. The van der Waals surface area contributed by atoms with Crippen LogP contribution >= 0.6 is 0 Å². The van der Waals surface area contributed by atoms with Gasteiger partial charge in [0.15, 0.2) is 0 Å². The predicted molar refractivity (Wildman–Crippen MR) is 79.5 cm³/mol. The highest BCUT2D eigenvalue weighted by Gasteiger charge is 2.10. The molecule has 19 heavy (non-hydrogen) atoms. The molecule has 2 N–H and O–H groups in total. The molecule has 1 aromatic rings. The Balaban J connectivity index is 2.60. The molecule has 0 aliphatic heterocycles. The standard InChI is InChI=1S/C16H23NO2/c1-4-6-12(2)13(3)17-15-8-5-7-14(11-15)9-10-16(18)19/h4-5,7-8,11-13,17H,1,6,9-10H2,2-3H3,(H,18,19). The van der Waals surface area contributed by atoms with Gasteiger partial charge in [0.05, 0.1) is 0 Å². The molecule has 0 radical (unpaired) electrons. The molecule has 2 unspecified atom stereocenters. The van der Waals surface area contributed by atoms with Gasteiger partial charge in [0.25, 0.3) is 0 Å². The molecule has 1 rings (SSSR count). The summed E-state index contributed by atoms with van der Waals surface area (Å²) in [7, 11) is 0. The van der Waals surface area contributed by atoms with Crippen molar-refractivity contribution in [1.82, 2.24) is 0 Å². The monoisotopic (exact) mass is 261 g/mol. The molecule has 1 aromatic carbocycles. The molecule has 2 atom stereocenters. The van der Waals surface area contributed by atoms with Crippen molar-refractivity contribution in [2.75, 3.05) is 5.32 Å². The highest BCUT2D eigenvalue weighted by molar-refractivity contribution is 5.67. The second-order valence-electron chi connectivity index (χ2n) is 5.03. The van der Waals surface area contributed by atoms with E-state index < -0.39 is 5.97 Å². The Morgan fingerprint density at radius 1 is 1.47 bits per heavy atom. The maximum absolute atomic E-state index is 10.6. The number of carboxylic acid groups (broad SMARTS) is 1. The van der Waals surface area contributed by atoms with Crippen molar-refractivity contribution < 1.29 is 9.90 Å². The number of benzene rings is 1. The summed E-state index contributed by atoms with van der Waals surface area (Å²) in [6.07, 6.45) is 3.66. The van der Waals surface area contributed by atoms with E-state index in [0.717, 1.165) is 17.7 Å². The van der Waals surface area contributed by atoms with Crippen LogP contribution in [0, 0.1) is 5.92 Å². The molecule has 104 valence electrons. The number of nitrogens with one attached hydrogen (secondary N) is 1. The Bertz CT molecular complexity index is 429. The normalized spacial score (nSPS) is 13.6. The molecule has 0 saturated carbocycles. The Labute approximate surface area is 115 Å². The summed E-state index contributed by atoms with van der Waals surface area (Å²) in [5.41, 5.74) is 2.10. The lowest BCUT2D eigenvalue weighted by Crippen LogP contribution is -2.23. The zero-order chi connectivity index (χ0) is 14.3. The van der Waals surface area contributed by atoms with E-state index in [4.69, 9.17) is 5.11 Å². The molecule has 0 fully saturated rings. The third-order valence-corrected chi connectivity index (χ3v) is 3.34. The van der Waals surface area contributed by atoms with Crippen molar-refractivity contribution in [3.05, 3.63) is 42.5 Å². The first-order chi connectivity index (χ1) is 9.02. The minimum atomic E-state index is -0.758. The second kappa shape index (κ2) is 7.62. The maximum atomic E-state index is 10.6. The summed E-state index contributed by atoms with van der Waals surface area (Å²) >= 11 is 0. The van der Waals surface area contributed by atoms with E-state index in [2.05, 4.69) is 25.7 Å². The lowest BCUT2D eigenvalue weighted by Gasteiger charge is -2.21. The number of allylic oxidation sites excluding steroid dienone is 1. The third kappa shape index (κ3) is 5.60. The zero-order valence-electron chi connectivity index (χ0n) is 11.7. The second-order valence-corrected chi connectivity index (χ2v) is 5.03. The smallest absolute Gasteiger partial charge is 0.303 e. The molecule has 3 nitrogen and oxygen atoms in total. The Kier molecular flexibility index (Phi) is 6.13. The fraction of sp³-hybridized carbons (Fsp3) is 0.438. The number of hydrogen-bond donors (Lipinski definition) is 2. The van der Waals surface area contributed by atoms with Crippen molar-refractivity contribution in [1.29, 1.82) is 0 Å². The van der Waals surface area contributed by atoms with Crippen LogP contribution in [0.4, 0.5) is 5.69 Å². The zero-order valence-corrected chi connectivity index (χ0v) is 11.7. The fourth-order valence-electron chi connectivity index (χ4n) is 1.94. The van der Waals surface area contributed by atoms with Crippen molar-refractivity contribution in [3.8, 4) is 0 Å². The Morgan fingerprint density at radius 3 is 2.84 bits per heavy atom. The van der Waals surface area contributed by atoms with Crippen LogP contribution in [0.15, 0.2) is 36.9 Å². The van der Waals surface area contributed by atoms with E-state index in [1.807, 2.05) is 30.3 Å². The van der Waals surface area contributed by atoms with Gasteiger partial charge in [-0.3, -0.25) is 4.79 Å². The van der Waals surface area contributed by atoms with Gasteiger partial charge in [-0.1, -0.05) is 25.1 Å². The van der Waals surface area contributed by atoms with Crippen LogP contribution in [0.2, 0.25) is 0 Å². The van der Waals surface area contributed by atoms with Gasteiger partial charge in [-0.2, -0.15) is 0 Å². The molecule has 0 saturated heterocycles. The average molecular weight is 261 g/mol. The van der Waals surface area contributed by atoms with E-state index in [1.165, 1.54) is 0 Å². The minimum Gasteiger partial charge on any atom is -0.481 e. The van der Waals surface area contributed by atoms with Crippen LogP contribution in [0.5, 0.6) is 0 Å². The average Bonchev–Trinajstić information content (AvgIpc) is 2.37. The Morgan fingerprint density at radius 2 is 2.21 bits per heavy atom. The van der Waals surface area contributed by atoms with Crippen LogP contribution in [-0.2, 0) is 11.2 Å². The van der Waals surface area contributed by atoms with Crippen molar-refractivity contribution in [2.24, 2.45) is 5.92 Å². The van der Waals surface area contributed by atoms with Crippen molar-refractivity contribution in [3.63, 3.8) is 0 Å². The summed E-state index contributed by atoms with van der Waals surface area (Å²) in [6, 6.07) is 8.32. The summed E-state index contributed by atoms with van der Waals surface area (Å²) in [6.45, 7) is 8.10. The summed E-state index contributed by atoms with van der Waals surface area (Å²) in [4.78, 5) is 10.6. The SMILES string of the molecule is C=CCC(C)C(C)Nc1cccc(CCC(=O)O)c1. The van der Waals surface area contributed by atoms with E-state index in [9.17, 15) is 4.79 Å². The Hall–Kier alpha value is -1.77. The third-order valence-electron chi connectivity index (χ3n) is 3.34. The van der Waals surface area contributed by atoms with Gasteiger partial charge in [-0.15, -0.1) is 6.58 Å². The predicted octanol–water partition coefficient (Wildman–Crippen LogP) is 3.72. The molecule has 3 heteroatoms. The highest BCUT2D eigenvalue weighted by atomic mass is 16.4. The van der Waals surface area contributed by atoms with Gasteiger partial charge >= 0.3 is 5.97 Å². The van der Waals surface area contributed by atoms with E-state index in [-0.39, 0.29) is 6.42 Å². The van der Waals surface area contributed by atoms with Gasteiger partial charge in [-0.25, -0.2) is 0 Å². The molecule has 0 spiro atoms. The maximum Gasteiger partial charge on any atom is 0.303 e. The molecule has 0 heterocycles. The molecule has 0 aliphatic carbocycles. The van der Waals surface area contributed by atoms with Gasteiger partial charge in [0.2, 0.25) is 0 Å². The molecule has 0 aliphatic rings. The van der Waals surface area contributed by atoms with Crippen LogP contribution < -0.4 is 5.32 Å². The largest absolute Gasteiger partial charge is 0.481 e. The van der Waals surface area contributed by atoms with Crippen LogP contribution in [0.1, 0.15) is 32.3 Å². The molecule has 0 bridgehead atoms. The quantitative estimate of drug-likeness (QED) is 0.701. The number of carboxylic acids is 1. The summed E-state index contributed by atoms with van der Waals surface area (Å²) in [5, 5.41) is 12.2. The summed E-state index contributed by atoms with van der Waals surface area (Å²) < 4.78 is 0. The number of hydrogen-bond acceptors (Lipinski definition) is 2. The highest BCUT2D eigenvalue weighted by Crippen LogP contribution is 2.17. The van der Waals surface area contributed by atoms with Crippen LogP contribution in [-0.4, -0.2) is 17.1 Å². The van der Waals surface area contributed by atoms with Gasteiger partial charge in [0, 0.05) is 18.2 Å². The first-order valence-corrected chi connectivity index (χ1v) is 6.71. The van der Waals surface area contributed by atoms with Gasteiger partial charge in [0.1, 0.15) is 0 Å². The molecular weight excluding hydrogens is 238 g/mol. The fourth-order valence-corrected chi connectivity index (χ4v) is 1.94. The molecule has 0 amide bonds. The summed E-state index contributed by atoms with van der Waals surface area (Å²) in [5.74, 6) is -0.244. The number of aliphatic carboxylic acids is 1. The van der Waals surface area contributed by atoms with Gasteiger partial charge in [-0.05, 0) is 43.4 Å². The number of carbonyl (C=O) groups is 1. The van der Waals surface area contributed by atoms with Crippen molar-refractivity contribution >= 4 is 11.7 Å². The van der Waals surface area contributed by atoms with Crippen LogP contribution in [0.25, 0.3) is 0 Å².